The zero-order valence-corrected chi connectivity index (χ0v) is 16.2. The van der Waals surface area contributed by atoms with Gasteiger partial charge in [-0.25, -0.2) is 4.79 Å². The van der Waals surface area contributed by atoms with Gasteiger partial charge in [0, 0.05) is 20.0 Å². The molecule has 1 spiro atoms. The van der Waals surface area contributed by atoms with E-state index in [9.17, 15) is 14.7 Å². The fraction of sp³-hybridized carbons (Fsp3) is 0.600. The third-order valence-corrected chi connectivity index (χ3v) is 6.03. The van der Waals surface area contributed by atoms with Crippen molar-refractivity contribution in [3.05, 3.63) is 23.8 Å². The van der Waals surface area contributed by atoms with Crippen molar-refractivity contribution in [3.63, 3.8) is 0 Å². The Hall–Kier alpha value is -2.28. The molecule has 1 atom stereocenters. The van der Waals surface area contributed by atoms with Crippen molar-refractivity contribution in [3.8, 4) is 11.5 Å². The minimum Gasteiger partial charge on any atom is -0.496 e. The van der Waals surface area contributed by atoms with Crippen molar-refractivity contribution < 1.29 is 24.2 Å². The molecule has 1 aromatic carbocycles. The lowest BCUT2D eigenvalue weighted by atomic mass is 9.76. The Morgan fingerprint density at radius 2 is 1.78 bits per heavy atom. The number of methoxy groups -OCH3 is 2. The Bertz CT molecular complexity index is 666. The van der Waals surface area contributed by atoms with Crippen molar-refractivity contribution >= 4 is 11.9 Å². The van der Waals surface area contributed by atoms with Gasteiger partial charge in [0.2, 0.25) is 5.91 Å². The highest BCUT2D eigenvalue weighted by molar-refractivity contribution is 5.83. The number of ether oxygens (including phenoxy) is 2. The highest BCUT2D eigenvalue weighted by Crippen LogP contribution is 2.44. The van der Waals surface area contributed by atoms with E-state index in [1.54, 1.807) is 14.2 Å². The Kier molecular flexibility index (Phi) is 5.60. The van der Waals surface area contributed by atoms with E-state index in [0.29, 0.717) is 13.0 Å². The van der Waals surface area contributed by atoms with Crippen LogP contribution < -0.4 is 9.47 Å². The predicted octanol–water partition coefficient (Wildman–Crippen LogP) is 1.99. The highest BCUT2D eigenvalue weighted by atomic mass is 16.5. The number of hydrogen-bond donors (Lipinski definition) is 1. The van der Waals surface area contributed by atoms with Crippen molar-refractivity contribution in [2.24, 2.45) is 5.41 Å². The number of carboxylic acid groups (broad SMARTS) is 1. The van der Waals surface area contributed by atoms with Gasteiger partial charge in [-0.05, 0) is 49.9 Å². The topological polar surface area (TPSA) is 79.3 Å². The molecule has 3 rings (SSSR count). The minimum atomic E-state index is -0.900. The van der Waals surface area contributed by atoms with E-state index in [1.807, 2.05) is 18.2 Å². The SMILES string of the molecule is COc1cccc(OC)c1CN1CCC2(CC1)C[C@H](C(=O)O)N(C(C)=O)C2. The Balaban J connectivity index is 1.68. The standard InChI is InChI=1S/C20H28N2O5/c1-14(23)22-13-20(11-16(22)19(24)25)7-9-21(10-8-20)12-15-17(26-2)5-4-6-18(15)27-3/h4-6,16H,7-13H2,1-3H3,(H,24,25)/t16-/m1/s1. The van der Waals surface area contributed by atoms with E-state index < -0.39 is 12.0 Å². The zero-order valence-electron chi connectivity index (χ0n) is 16.2. The quantitative estimate of drug-likeness (QED) is 0.847. The van der Waals surface area contributed by atoms with Gasteiger partial charge in [0.25, 0.3) is 0 Å². The summed E-state index contributed by atoms with van der Waals surface area (Å²) in [6, 6.07) is 5.08. The zero-order chi connectivity index (χ0) is 19.6. The molecule has 2 saturated heterocycles. The molecule has 1 aromatic rings. The molecule has 148 valence electrons. The Labute approximate surface area is 159 Å². The average Bonchev–Trinajstić information content (AvgIpc) is 3.04. The predicted molar refractivity (Wildman–Crippen MR) is 99.9 cm³/mol. The molecule has 2 fully saturated rings. The molecule has 0 aromatic heterocycles. The van der Waals surface area contributed by atoms with Crippen molar-refractivity contribution in [1.82, 2.24) is 9.80 Å². The van der Waals surface area contributed by atoms with E-state index in [2.05, 4.69) is 4.90 Å². The lowest BCUT2D eigenvalue weighted by Gasteiger charge is -2.39. The number of hydrogen-bond acceptors (Lipinski definition) is 5. The van der Waals surface area contributed by atoms with Gasteiger partial charge < -0.3 is 19.5 Å². The molecule has 0 aliphatic carbocycles. The number of likely N-dealkylation sites (tertiary alicyclic amines) is 2. The number of carbonyl (C=O) groups is 2. The van der Waals surface area contributed by atoms with Gasteiger partial charge in [0.05, 0.1) is 19.8 Å². The van der Waals surface area contributed by atoms with Crippen LogP contribution in [0.25, 0.3) is 0 Å². The Morgan fingerprint density at radius 1 is 1.19 bits per heavy atom. The van der Waals surface area contributed by atoms with Crippen molar-refractivity contribution in [2.75, 3.05) is 33.9 Å². The maximum atomic E-state index is 11.9. The molecular formula is C20H28N2O5. The van der Waals surface area contributed by atoms with Crippen LogP contribution >= 0.6 is 0 Å². The van der Waals surface area contributed by atoms with Crippen LogP contribution in [0.1, 0.15) is 31.7 Å². The number of rotatable bonds is 5. The molecule has 2 aliphatic heterocycles. The van der Waals surface area contributed by atoms with Crippen molar-refractivity contribution in [1.29, 1.82) is 0 Å². The lowest BCUT2D eigenvalue weighted by molar-refractivity contribution is -0.147. The van der Waals surface area contributed by atoms with Gasteiger partial charge >= 0.3 is 5.97 Å². The summed E-state index contributed by atoms with van der Waals surface area (Å²) < 4.78 is 11.0. The van der Waals surface area contributed by atoms with Gasteiger partial charge in [-0.15, -0.1) is 0 Å². The molecule has 0 radical (unpaired) electrons. The summed E-state index contributed by atoms with van der Waals surface area (Å²) in [5.74, 6) is 0.567. The number of nitrogens with zero attached hydrogens (tertiary/aromatic N) is 2. The summed E-state index contributed by atoms with van der Waals surface area (Å²) in [6.07, 6.45) is 2.32. The second kappa shape index (κ2) is 7.76. The first-order chi connectivity index (χ1) is 12.9. The monoisotopic (exact) mass is 376 g/mol. The van der Waals surface area contributed by atoms with Crippen LogP contribution in [0, 0.1) is 5.41 Å². The van der Waals surface area contributed by atoms with Crippen LogP contribution in [0.3, 0.4) is 0 Å². The fourth-order valence-corrected chi connectivity index (χ4v) is 4.46. The molecule has 1 amide bonds. The van der Waals surface area contributed by atoms with Gasteiger partial charge in [-0.2, -0.15) is 0 Å². The number of benzene rings is 1. The number of amides is 1. The first-order valence-electron chi connectivity index (χ1n) is 9.31. The second-order valence-electron chi connectivity index (χ2n) is 7.62. The number of aliphatic carboxylic acids is 1. The van der Waals surface area contributed by atoms with Crippen LogP contribution in [-0.4, -0.2) is 66.7 Å². The van der Waals surface area contributed by atoms with Crippen LogP contribution in [-0.2, 0) is 16.1 Å². The van der Waals surface area contributed by atoms with E-state index in [1.165, 1.54) is 11.8 Å². The summed E-state index contributed by atoms with van der Waals surface area (Å²) in [6.45, 7) is 4.45. The molecule has 2 aliphatic rings. The summed E-state index contributed by atoms with van der Waals surface area (Å²) in [5, 5.41) is 9.48. The first-order valence-corrected chi connectivity index (χ1v) is 9.31. The lowest BCUT2D eigenvalue weighted by Crippen LogP contribution is -2.42. The van der Waals surface area contributed by atoms with Gasteiger partial charge in [0.15, 0.2) is 0 Å². The molecule has 2 heterocycles. The molecule has 0 saturated carbocycles. The summed E-state index contributed by atoms with van der Waals surface area (Å²) in [4.78, 5) is 27.3. The third-order valence-electron chi connectivity index (χ3n) is 6.03. The molecule has 27 heavy (non-hydrogen) atoms. The maximum Gasteiger partial charge on any atom is 0.326 e. The molecule has 0 bridgehead atoms. The van der Waals surface area contributed by atoms with Gasteiger partial charge in [-0.3, -0.25) is 9.69 Å². The molecule has 1 N–H and O–H groups in total. The molecular weight excluding hydrogens is 348 g/mol. The van der Waals surface area contributed by atoms with E-state index in [0.717, 1.165) is 49.5 Å². The second-order valence-corrected chi connectivity index (χ2v) is 7.62. The van der Waals surface area contributed by atoms with Crippen LogP contribution in [0.15, 0.2) is 18.2 Å². The van der Waals surface area contributed by atoms with E-state index in [4.69, 9.17) is 9.47 Å². The smallest absolute Gasteiger partial charge is 0.326 e. The maximum absolute atomic E-state index is 11.9. The number of carbonyl (C=O) groups excluding carboxylic acids is 1. The molecule has 7 nitrogen and oxygen atoms in total. The van der Waals surface area contributed by atoms with Crippen LogP contribution in [0.2, 0.25) is 0 Å². The Morgan fingerprint density at radius 3 is 2.22 bits per heavy atom. The van der Waals surface area contributed by atoms with Gasteiger partial charge in [-0.1, -0.05) is 6.07 Å². The normalized spacial score (nSPS) is 22.0. The molecule has 7 heteroatoms. The average molecular weight is 376 g/mol. The van der Waals surface area contributed by atoms with Crippen LogP contribution in [0.5, 0.6) is 11.5 Å². The summed E-state index contributed by atoms with van der Waals surface area (Å²) in [5.41, 5.74) is 0.939. The highest BCUT2D eigenvalue weighted by Gasteiger charge is 2.49. The number of piperidine rings is 1. The third kappa shape index (κ3) is 3.88. The molecule has 0 unspecified atom stereocenters. The largest absolute Gasteiger partial charge is 0.496 e. The summed E-state index contributed by atoms with van der Waals surface area (Å²) in [7, 11) is 3.31. The summed E-state index contributed by atoms with van der Waals surface area (Å²) >= 11 is 0. The first kappa shape index (κ1) is 19.5. The van der Waals surface area contributed by atoms with Gasteiger partial charge in [0.1, 0.15) is 17.5 Å². The number of carboxylic acids is 1. The van der Waals surface area contributed by atoms with Crippen LogP contribution in [0.4, 0.5) is 0 Å². The fourth-order valence-electron chi connectivity index (χ4n) is 4.46. The van der Waals surface area contributed by atoms with Crippen molar-refractivity contribution in [2.45, 2.75) is 38.8 Å². The van der Waals surface area contributed by atoms with E-state index >= 15 is 0 Å². The van der Waals surface area contributed by atoms with E-state index in [-0.39, 0.29) is 11.3 Å². The minimum absolute atomic E-state index is 0.0872.